The van der Waals surface area contributed by atoms with Crippen LogP contribution >= 0.6 is 0 Å². The van der Waals surface area contributed by atoms with Gasteiger partial charge in [0.1, 0.15) is 12.4 Å². The van der Waals surface area contributed by atoms with Crippen LogP contribution in [0.3, 0.4) is 0 Å². The van der Waals surface area contributed by atoms with E-state index >= 15 is 0 Å². The van der Waals surface area contributed by atoms with Crippen LogP contribution in [0.2, 0.25) is 0 Å². The van der Waals surface area contributed by atoms with Gasteiger partial charge in [-0.1, -0.05) is 91.0 Å². The minimum absolute atomic E-state index is 0.583. The fraction of sp³-hybridized carbons (Fsp3) is 0.0400. The first kappa shape index (κ1) is 15.0. The highest BCUT2D eigenvalue weighted by molar-refractivity contribution is 6.09. The average Bonchev–Trinajstić information content (AvgIpc) is 2.74. The molecule has 0 atom stereocenters. The summed E-state index contributed by atoms with van der Waals surface area (Å²) < 4.78 is 6.19. The Bertz CT molecular complexity index is 1110. The fourth-order valence-corrected chi connectivity index (χ4v) is 3.79. The summed E-state index contributed by atoms with van der Waals surface area (Å²) in [6, 6.07) is 34.0. The van der Waals surface area contributed by atoms with Crippen LogP contribution in [-0.2, 0) is 0 Å². The lowest BCUT2D eigenvalue weighted by Gasteiger charge is -2.26. The Labute approximate surface area is 153 Å². The molecule has 124 valence electrons. The molecule has 0 amide bonds. The summed E-state index contributed by atoms with van der Waals surface area (Å²) in [5.41, 5.74) is 6.15. The van der Waals surface area contributed by atoms with E-state index in [-0.39, 0.29) is 0 Å². The summed E-state index contributed by atoms with van der Waals surface area (Å²) >= 11 is 0. The smallest absolute Gasteiger partial charge is 0.128 e. The zero-order valence-electron chi connectivity index (χ0n) is 14.4. The van der Waals surface area contributed by atoms with Crippen molar-refractivity contribution < 1.29 is 4.74 Å². The van der Waals surface area contributed by atoms with Crippen molar-refractivity contribution in [3.8, 4) is 5.75 Å². The molecule has 0 aliphatic carbocycles. The third-order valence-electron chi connectivity index (χ3n) is 5.00. The van der Waals surface area contributed by atoms with Gasteiger partial charge in [0.05, 0.1) is 0 Å². The summed E-state index contributed by atoms with van der Waals surface area (Å²) in [6.45, 7) is 0.583. The third-order valence-corrected chi connectivity index (χ3v) is 5.00. The first-order valence-corrected chi connectivity index (χ1v) is 8.91. The SMILES string of the molecule is c1ccc(C2=C(c3ccccc3)c3c(ccc4ccccc34)OC2)cc1. The number of rotatable bonds is 2. The number of fused-ring (bicyclic) bond motifs is 3. The number of hydrogen-bond donors (Lipinski definition) is 0. The fourth-order valence-electron chi connectivity index (χ4n) is 3.79. The highest BCUT2D eigenvalue weighted by atomic mass is 16.5. The second kappa shape index (κ2) is 6.20. The Morgan fingerprint density at radius 2 is 1.23 bits per heavy atom. The largest absolute Gasteiger partial charge is 0.488 e. The van der Waals surface area contributed by atoms with Gasteiger partial charge in [-0.25, -0.2) is 0 Å². The predicted molar refractivity (Wildman–Crippen MR) is 108 cm³/mol. The Morgan fingerprint density at radius 3 is 2.00 bits per heavy atom. The van der Waals surface area contributed by atoms with E-state index in [0.717, 1.165) is 5.75 Å². The molecule has 1 aliphatic rings. The van der Waals surface area contributed by atoms with Crippen molar-refractivity contribution in [2.75, 3.05) is 6.61 Å². The van der Waals surface area contributed by atoms with Gasteiger partial charge in [0.2, 0.25) is 0 Å². The maximum Gasteiger partial charge on any atom is 0.128 e. The van der Waals surface area contributed by atoms with Crippen molar-refractivity contribution in [2.24, 2.45) is 0 Å². The van der Waals surface area contributed by atoms with Gasteiger partial charge in [0.15, 0.2) is 0 Å². The summed E-state index contributed by atoms with van der Waals surface area (Å²) in [5.74, 6) is 0.960. The van der Waals surface area contributed by atoms with Crippen LogP contribution in [-0.4, -0.2) is 6.61 Å². The maximum atomic E-state index is 6.19. The Kier molecular flexibility index (Phi) is 3.57. The molecule has 1 heteroatoms. The van der Waals surface area contributed by atoms with Crippen LogP contribution < -0.4 is 4.74 Å². The molecule has 5 rings (SSSR count). The molecule has 1 aliphatic heterocycles. The van der Waals surface area contributed by atoms with Crippen molar-refractivity contribution in [1.82, 2.24) is 0 Å². The van der Waals surface area contributed by atoms with E-state index in [2.05, 4.69) is 97.1 Å². The topological polar surface area (TPSA) is 9.23 Å². The quantitative estimate of drug-likeness (QED) is 0.424. The van der Waals surface area contributed by atoms with Crippen LogP contribution in [0.1, 0.15) is 16.7 Å². The Morgan fingerprint density at radius 1 is 0.577 bits per heavy atom. The summed E-state index contributed by atoms with van der Waals surface area (Å²) in [4.78, 5) is 0. The second-order valence-corrected chi connectivity index (χ2v) is 6.53. The van der Waals surface area contributed by atoms with Crippen LogP contribution in [0.4, 0.5) is 0 Å². The van der Waals surface area contributed by atoms with Crippen LogP contribution in [0.5, 0.6) is 5.75 Å². The van der Waals surface area contributed by atoms with Crippen molar-refractivity contribution in [2.45, 2.75) is 0 Å². The van der Waals surface area contributed by atoms with Crippen molar-refractivity contribution in [3.05, 3.63) is 114 Å². The van der Waals surface area contributed by atoms with Gasteiger partial charge in [-0.3, -0.25) is 0 Å². The van der Waals surface area contributed by atoms with Gasteiger partial charge in [0, 0.05) is 16.7 Å². The van der Waals surface area contributed by atoms with Gasteiger partial charge in [-0.2, -0.15) is 0 Å². The zero-order valence-corrected chi connectivity index (χ0v) is 14.4. The van der Waals surface area contributed by atoms with Gasteiger partial charge >= 0.3 is 0 Å². The standard InChI is InChI=1S/C25H18O/c1-3-9-18(10-4-1)22-17-26-23-16-15-19-11-7-8-14-21(19)25(23)24(22)20-12-5-2-6-13-20/h1-16H,17H2. The number of ether oxygens (including phenoxy) is 1. The number of hydrogen-bond acceptors (Lipinski definition) is 1. The van der Waals surface area contributed by atoms with E-state index in [4.69, 9.17) is 4.74 Å². The lowest BCUT2D eigenvalue weighted by Crippen LogP contribution is -2.12. The van der Waals surface area contributed by atoms with E-state index < -0.39 is 0 Å². The van der Waals surface area contributed by atoms with Gasteiger partial charge in [-0.05, 0) is 28.0 Å². The minimum Gasteiger partial charge on any atom is -0.488 e. The van der Waals surface area contributed by atoms with Gasteiger partial charge in [-0.15, -0.1) is 0 Å². The first-order valence-electron chi connectivity index (χ1n) is 8.91. The lowest BCUT2D eigenvalue weighted by molar-refractivity contribution is 0.365. The van der Waals surface area contributed by atoms with E-state index in [1.54, 1.807) is 0 Å². The van der Waals surface area contributed by atoms with Crippen molar-refractivity contribution >= 4 is 21.9 Å². The molecule has 1 heterocycles. The molecule has 4 aromatic rings. The molecule has 0 saturated carbocycles. The molecule has 0 saturated heterocycles. The molecule has 4 aromatic carbocycles. The average molecular weight is 334 g/mol. The molecule has 0 N–H and O–H groups in total. The molecule has 0 fully saturated rings. The minimum atomic E-state index is 0.583. The normalized spacial score (nSPS) is 13.4. The summed E-state index contributed by atoms with van der Waals surface area (Å²) in [7, 11) is 0. The molecular weight excluding hydrogens is 316 g/mol. The molecule has 0 spiro atoms. The van der Waals surface area contributed by atoms with Crippen LogP contribution in [0, 0.1) is 0 Å². The maximum absolute atomic E-state index is 6.19. The highest BCUT2D eigenvalue weighted by Gasteiger charge is 2.24. The molecule has 0 aromatic heterocycles. The Hall–Kier alpha value is -3.32. The van der Waals surface area contributed by atoms with Crippen molar-refractivity contribution in [1.29, 1.82) is 0 Å². The molecule has 1 nitrogen and oxygen atoms in total. The zero-order chi connectivity index (χ0) is 17.3. The second-order valence-electron chi connectivity index (χ2n) is 6.53. The molecular formula is C25H18O. The molecule has 0 radical (unpaired) electrons. The first-order chi connectivity index (χ1) is 12.9. The molecule has 0 bridgehead atoms. The van der Waals surface area contributed by atoms with Gasteiger partial charge in [0.25, 0.3) is 0 Å². The van der Waals surface area contributed by atoms with E-state index in [1.807, 2.05) is 0 Å². The summed E-state index contributed by atoms with van der Waals surface area (Å²) in [5, 5.41) is 2.47. The third kappa shape index (κ3) is 2.41. The van der Waals surface area contributed by atoms with E-state index in [1.165, 1.54) is 38.6 Å². The number of benzene rings is 4. The van der Waals surface area contributed by atoms with Crippen LogP contribution in [0.15, 0.2) is 97.1 Å². The Balaban J connectivity index is 1.89. The summed E-state index contributed by atoms with van der Waals surface area (Å²) in [6.07, 6.45) is 0. The molecule has 0 unspecified atom stereocenters. The molecule has 26 heavy (non-hydrogen) atoms. The van der Waals surface area contributed by atoms with Crippen LogP contribution in [0.25, 0.3) is 21.9 Å². The van der Waals surface area contributed by atoms with E-state index in [0.29, 0.717) is 6.61 Å². The highest BCUT2D eigenvalue weighted by Crippen LogP contribution is 2.44. The predicted octanol–water partition coefficient (Wildman–Crippen LogP) is 6.19. The van der Waals surface area contributed by atoms with Gasteiger partial charge < -0.3 is 4.74 Å². The van der Waals surface area contributed by atoms with E-state index in [9.17, 15) is 0 Å². The monoisotopic (exact) mass is 334 g/mol. The lowest BCUT2D eigenvalue weighted by atomic mass is 9.85. The van der Waals surface area contributed by atoms with Crippen molar-refractivity contribution in [3.63, 3.8) is 0 Å².